The maximum Gasteiger partial charge on any atom is 0.308 e. The average Bonchev–Trinajstić information content (AvgIpc) is 2.66. The Balaban J connectivity index is 2.71. The zero-order valence-corrected chi connectivity index (χ0v) is 11.1. The molecule has 0 aliphatic rings. The van der Waals surface area contributed by atoms with E-state index in [0.717, 1.165) is 24.2 Å². The van der Waals surface area contributed by atoms with Gasteiger partial charge in [0.1, 0.15) is 4.21 Å². The van der Waals surface area contributed by atoms with Gasteiger partial charge in [-0.05, 0) is 18.6 Å². The minimum atomic E-state index is -3.47. The number of aliphatic carboxylic acids is 1. The van der Waals surface area contributed by atoms with Gasteiger partial charge >= 0.3 is 5.97 Å². The maximum absolute atomic E-state index is 11.8. The summed E-state index contributed by atoms with van der Waals surface area (Å²) in [5, 5.41) is 8.59. The Hall–Kier alpha value is -0.920. The van der Waals surface area contributed by atoms with E-state index in [-0.39, 0.29) is 10.6 Å². The highest BCUT2D eigenvalue weighted by molar-refractivity contribution is 7.91. The van der Waals surface area contributed by atoms with Crippen LogP contribution in [0.5, 0.6) is 0 Å². The third-order valence-corrected chi connectivity index (χ3v) is 5.09. The number of rotatable bonds is 7. The van der Waals surface area contributed by atoms with Gasteiger partial charge in [-0.1, -0.05) is 13.3 Å². The van der Waals surface area contributed by atoms with Crippen LogP contribution in [0.4, 0.5) is 0 Å². The molecule has 0 aliphatic heterocycles. The quantitative estimate of drug-likeness (QED) is 0.739. The van der Waals surface area contributed by atoms with Crippen LogP contribution in [0.2, 0.25) is 0 Å². The highest BCUT2D eigenvalue weighted by atomic mass is 32.2. The first-order valence-corrected chi connectivity index (χ1v) is 7.56. The molecule has 0 saturated heterocycles. The molecule has 7 heteroatoms. The minimum absolute atomic E-state index is 0.144. The van der Waals surface area contributed by atoms with Crippen LogP contribution in [0.1, 0.15) is 24.6 Å². The standard InChI is InChI=1S/C10H15NO4S2/c1-2-3-6-11-17(14,15)10-5-4-8(16-10)7-9(12)13/h4-5,11H,2-3,6-7H2,1H3,(H,12,13). The number of carboxylic acids is 1. The first kappa shape index (κ1) is 14.1. The Bertz CT molecular complexity index is 478. The lowest BCUT2D eigenvalue weighted by Crippen LogP contribution is -2.23. The summed E-state index contributed by atoms with van der Waals surface area (Å²) in [6.07, 6.45) is 1.55. The number of hydrogen-bond donors (Lipinski definition) is 2. The number of unbranched alkanes of at least 4 members (excludes halogenated alkanes) is 1. The second-order valence-electron chi connectivity index (χ2n) is 3.54. The molecule has 1 aromatic rings. The van der Waals surface area contributed by atoms with Crippen LogP contribution in [0, 0.1) is 0 Å². The smallest absolute Gasteiger partial charge is 0.308 e. The van der Waals surface area contributed by atoms with Crippen LogP contribution in [0.15, 0.2) is 16.3 Å². The normalized spacial score (nSPS) is 11.6. The number of sulfonamides is 1. The summed E-state index contributed by atoms with van der Waals surface area (Å²) in [4.78, 5) is 11.0. The number of thiophene rings is 1. The van der Waals surface area contributed by atoms with Gasteiger partial charge in [0.2, 0.25) is 10.0 Å². The molecule has 0 fully saturated rings. The van der Waals surface area contributed by atoms with Gasteiger partial charge < -0.3 is 5.11 Å². The molecule has 0 unspecified atom stereocenters. The van der Waals surface area contributed by atoms with E-state index in [9.17, 15) is 13.2 Å². The fourth-order valence-corrected chi connectivity index (χ4v) is 3.67. The van der Waals surface area contributed by atoms with Crippen molar-refractivity contribution in [2.45, 2.75) is 30.4 Å². The van der Waals surface area contributed by atoms with Crippen molar-refractivity contribution in [3.63, 3.8) is 0 Å². The van der Waals surface area contributed by atoms with Gasteiger partial charge in [0.05, 0.1) is 6.42 Å². The van der Waals surface area contributed by atoms with Crippen LogP contribution in [0.25, 0.3) is 0 Å². The molecule has 0 radical (unpaired) electrons. The van der Waals surface area contributed by atoms with Gasteiger partial charge in [0.15, 0.2) is 0 Å². The molecule has 1 rings (SSSR count). The average molecular weight is 277 g/mol. The van der Waals surface area contributed by atoms with Crippen molar-refractivity contribution in [1.82, 2.24) is 4.72 Å². The molecule has 0 aromatic carbocycles. The third-order valence-electron chi connectivity index (χ3n) is 2.05. The Kier molecular flexibility index (Phi) is 5.10. The van der Waals surface area contributed by atoms with Crippen molar-refractivity contribution >= 4 is 27.3 Å². The van der Waals surface area contributed by atoms with Gasteiger partial charge in [-0.2, -0.15) is 0 Å². The summed E-state index contributed by atoms with van der Waals surface area (Å²) in [6.45, 7) is 2.38. The lowest BCUT2D eigenvalue weighted by molar-refractivity contribution is -0.136. The topological polar surface area (TPSA) is 83.5 Å². The second-order valence-corrected chi connectivity index (χ2v) is 6.70. The van der Waals surface area contributed by atoms with E-state index in [1.54, 1.807) is 0 Å². The van der Waals surface area contributed by atoms with E-state index < -0.39 is 16.0 Å². The van der Waals surface area contributed by atoms with Crippen molar-refractivity contribution in [1.29, 1.82) is 0 Å². The first-order valence-electron chi connectivity index (χ1n) is 5.26. The fourth-order valence-electron chi connectivity index (χ4n) is 1.20. The highest BCUT2D eigenvalue weighted by Gasteiger charge is 2.16. The Labute approximate surface area is 105 Å². The zero-order valence-electron chi connectivity index (χ0n) is 9.47. The Morgan fingerprint density at radius 1 is 1.47 bits per heavy atom. The van der Waals surface area contributed by atoms with Gasteiger partial charge in [-0.25, -0.2) is 13.1 Å². The lowest BCUT2D eigenvalue weighted by Gasteiger charge is -2.02. The first-order chi connectivity index (χ1) is 7.95. The lowest BCUT2D eigenvalue weighted by atomic mass is 10.3. The minimum Gasteiger partial charge on any atom is -0.481 e. The largest absolute Gasteiger partial charge is 0.481 e. The summed E-state index contributed by atoms with van der Waals surface area (Å²) < 4.78 is 26.2. The van der Waals surface area contributed by atoms with Crippen molar-refractivity contribution in [2.75, 3.05) is 6.54 Å². The SMILES string of the molecule is CCCCNS(=O)(=O)c1ccc(CC(=O)O)s1. The summed E-state index contributed by atoms with van der Waals surface area (Å²) >= 11 is 0.995. The van der Waals surface area contributed by atoms with Crippen molar-refractivity contribution in [2.24, 2.45) is 0 Å². The van der Waals surface area contributed by atoms with E-state index >= 15 is 0 Å². The van der Waals surface area contributed by atoms with E-state index in [2.05, 4.69) is 4.72 Å². The molecule has 1 aromatic heterocycles. The second kappa shape index (κ2) is 6.13. The Morgan fingerprint density at radius 3 is 2.76 bits per heavy atom. The summed E-state index contributed by atoms with van der Waals surface area (Å²) in [7, 11) is -3.47. The van der Waals surface area contributed by atoms with E-state index in [0.29, 0.717) is 11.4 Å². The van der Waals surface area contributed by atoms with Crippen molar-refractivity contribution in [3.05, 3.63) is 17.0 Å². The number of nitrogens with one attached hydrogen (secondary N) is 1. The summed E-state index contributed by atoms with van der Waals surface area (Å²) in [5.74, 6) is -0.963. The number of carbonyl (C=O) groups is 1. The van der Waals surface area contributed by atoms with Crippen LogP contribution in [-0.2, 0) is 21.2 Å². The molecule has 0 atom stereocenters. The summed E-state index contributed by atoms with van der Waals surface area (Å²) in [6, 6.07) is 2.98. The molecule has 96 valence electrons. The van der Waals surface area contributed by atoms with Crippen LogP contribution in [-0.4, -0.2) is 26.0 Å². The van der Waals surface area contributed by atoms with E-state index in [1.165, 1.54) is 12.1 Å². The molecule has 2 N–H and O–H groups in total. The molecule has 0 amide bonds. The summed E-state index contributed by atoms with van der Waals surface area (Å²) in [5.41, 5.74) is 0. The molecule has 0 aliphatic carbocycles. The van der Waals surface area contributed by atoms with Gasteiger partial charge in [0.25, 0.3) is 0 Å². The Morgan fingerprint density at radius 2 is 2.18 bits per heavy atom. The number of hydrogen-bond acceptors (Lipinski definition) is 4. The molecule has 5 nitrogen and oxygen atoms in total. The van der Waals surface area contributed by atoms with Crippen molar-refractivity contribution in [3.8, 4) is 0 Å². The monoisotopic (exact) mass is 277 g/mol. The molecule has 17 heavy (non-hydrogen) atoms. The molecule has 0 saturated carbocycles. The predicted octanol–water partition coefficient (Wildman–Crippen LogP) is 1.45. The fraction of sp³-hybridized carbons (Fsp3) is 0.500. The van der Waals surface area contributed by atoms with E-state index in [1.807, 2.05) is 6.92 Å². The highest BCUT2D eigenvalue weighted by Crippen LogP contribution is 2.21. The van der Waals surface area contributed by atoms with Crippen LogP contribution in [0.3, 0.4) is 0 Å². The van der Waals surface area contributed by atoms with Crippen LogP contribution >= 0.6 is 11.3 Å². The predicted molar refractivity (Wildman–Crippen MR) is 65.8 cm³/mol. The van der Waals surface area contributed by atoms with Crippen LogP contribution < -0.4 is 4.72 Å². The molecule has 0 spiro atoms. The number of carboxylic acid groups (broad SMARTS) is 1. The van der Waals surface area contributed by atoms with Gasteiger partial charge in [-0.15, -0.1) is 11.3 Å². The molecular weight excluding hydrogens is 262 g/mol. The van der Waals surface area contributed by atoms with E-state index in [4.69, 9.17) is 5.11 Å². The molecule has 1 heterocycles. The zero-order chi connectivity index (χ0) is 12.9. The molecular formula is C10H15NO4S2. The van der Waals surface area contributed by atoms with Gasteiger partial charge in [0, 0.05) is 11.4 Å². The maximum atomic E-state index is 11.8. The third kappa shape index (κ3) is 4.45. The van der Waals surface area contributed by atoms with Crippen molar-refractivity contribution < 1.29 is 18.3 Å². The van der Waals surface area contributed by atoms with Gasteiger partial charge in [-0.3, -0.25) is 4.79 Å². The molecule has 0 bridgehead atoms.